The molecule has 1 N–H and O–H groups in total. The molecule has 3 heteroatoms. The molecule has 0 amide bonds. The lowest BCUT2D eigenvalue weighted by atomic mass is 10.1. The monoisotopic (exact) mass is 303 g/mol. The molecule has 0 bridgehead atoms. The molecule has 2 aromatic carbocycles. The Morgan fingerprint density at radius 2 is 1.76 bits per heavy atom. The van der Waals surface area contributed by atoms with Gasteiger partial charge in [0.25, 0.3) is 0 Å². The molecule has 1 aliphatic carbocycles. The Balaban J connectivity index is 0.00000161. The van der Waals surface area contributed by atoms with Gasteiger partial charge in [0.05, 0.1) is 0 Å². The van der Waals surface area contributed by atoms with Gasteiger partial charge < -0.3 is 10.1 Å². The van der Waals surface area contributed by atoms with E-state index >= 15 is 0 Å². The van der Waals surface area contributed by atoms with Gasteiger partial charge in [-0.25, -0.2) is 0 Å². The molecule has 0 heterocycles. The number of hydrogen-bond acceptors (Lipinski definition) is 2. The molecule has 3 rings (SSSR count). The number of nitrogens with one attached hydrogen (secondary N) is 1. The third-order valence-electron chi connectivity index (χ3n) is 3.65. The average Bonchev–Trinajstić information content (AvgIpc) is 3.30. The summed E-state index contributed by atoms with van der Waals surface area (Å²) in [5.74, 6) is 0.987. The van der Waals surface area contributed by atoms with Crippen molar-refractivity contribution in [1.82, 2.24) is 5.32 Å². The molecule has 0 spiro atoms. The van der Waals surface area contributed by atoms with Crippen molar-refractivity contribution in [3.63, 3.8) is 0 Å². The van der Waals surface area contributed by atoms with Crippen molar-refractivity contribution in [1.29, 1.82) is 0 Å². The van der Waals surface area contributed by atoms with E-state index in [0.29, 0.717) is 6.61 Å². The minimum absolute atomic E-state index is 0. The van der Waals surface area contributed by atoms with E-state index in [9.17, 15) is 0 Å². The molecule has 112 valence electrons. The maximum atomic E-state index is 5.98. The Labute approximate surface area is 132 Å². The van der Waals surface area contributed by atoms with Crippen molar-refractivity contribution < 1.29 is 4.74 Å². The molecule has 0 saturated heterocycles. The molecule has 1 aliphatic rings. The van der Waals surface area contributed by atoms with Gasteiger partial charge in [0.15, 0.2) is 0 Å². The van der Waals surface area contributed by atoms with Gasteiger partial charge in [0.1, 0.15) is 12.4 Å². The van der Waals surface area contributed by atoms with Crippen molar-refractivity contribution in [3.05, 3.63) is 65.2 Å². The molecule has 0 radical (unpaired) electrons. The topological polar surface area (TPSA) is 21.3 Å². The zero-order valence-electron chi connectivity index (χ0n) is 12.3. The zero-order chi connectivity index (χ0) is 13.8. The summed E-state index contributed by atoms with van der Waals surface area (Å²) >= 11 is 0. The normalized spacial score (nSPS) is 13.6. The summed E-state index contributed by atoms with van der Waals surface area (Å²) in [6, 6.07) is 17.5. The van der Waals surface area contributed by atoms with Crippen molar-refractivity contribution in [3.8, 4) is 5.75 Å². The van der Waals surface area contributed by atoms with E-state index in [0.717, 1.165) is 18.3 Å². The van der Waals surface area contributed by atoms with E-state index in [2.05, 4.69) is 54.7 Å². The molecular weight excluding hydrogens is 282 g/mol. The molecule has 2 nitrogen and oxygen atoms in total. The second-order valence-corrected chi connectivity index (χ2v) is 5.54. The molecule has 0 atom stereocenters. The maximum absolute atomic E-state index is 5.98. The zero-order valence-corrected chi connectivity index (χ0v) is 13.2. The van der Waals surface area contributed by atoms with Gasteiger partial charge >= 0.3 is 0 Å². The summed E-state index contributed by atoms with van der Waals surface area (Å²) in [6.45, 7) is 3.62. The van der Waals surface area contributed by atoms with Crippen LogP contribution in [0.25, 0.3) is 0 Å². The predicted molar refractivity (Wildman–Crippen MR) is 89.1 cm³/mol. The van der Waals surface area contributed by atoms with Crippen LogP contribution in [-0.2, 0) is 13.2 Å². The van der Waals surface area contributed by atoms with Crippen LogP contribution < -0.4 is 10.1 Å². The highest BCUT2D eigenvalue weighted by molar-refractivity contribution is 5.85. The van der Waals surface area contributed by atoms with Crippen LogP contribution in [-0.4, -0.2) is 6.04 Å². The van der Waals surface area contributed by atoms with Crippen molar-refractivity contribution in [2.45, 2.75) is 39.0 Å². The second kappa shape index (κ2) is 7.48. The van der Waals surface area contributed by atoms with Crippen LogP contribution in [0.15, 0.2) is 48.5 Å². The van der Waals surface area contributed by atoms with Gasteiger partial charge in [0.2, 0.25) is 0 Å². The Morgan fingerprint density at radius 1 is 1.05 bits per heavy atom. The Hall–Kier alpha value is -1.51. The molecular formula is C18H22ClNO. The summed E-state index contributed by atoms with van der Waals surface area (Å²) in [6.07, 6.45) is 2.62. The Kier molecular flexibility index (Phi) is 5.66. The molecule has 21 heavy (non-hydrogen) atoms. The smallest absolute Gasteiger partial charge is 0.124 e. The summed E-state index contributed by atoms with van der Waals surface area (Å²) in [7, 11) is 0. The number of hydrogen-bond donors (Lipinski definition) is 1. The van der Waals surface area contributed by atoms with Crippen molar-refractivity contribution in [2.24, 2.45) is 0 Å². The lowest BCUT2D eigenvalue weighted by Crippen LogP contribution is -2.16. The van der Waals surface area contributed by atoms with Crippen LogP contribution in [0.1, 0.15) is 29.5 Å². The minimum atomic E-state index is 0. The van der Waals surface area contributed by atoms with E-state index in [1.165, 1.54) is 29.5 Å². The summed E-state index contributed by atoms with van der Waals surface area (Å²) in [5, 5.41) is 3.54. The number of halogens is 1. The van der Waals surface area contributed by atoms with Gasteiger partial charge in [-0.2, -0.15) is 0 Å². The third kappa shape index (κ3) is 4.76. The molecule has 0 aliphatic heterocycles. The fraction of sp³-hybridized carbons (Fsp3) is 0.333. The Morgan fingerprint density at radius 3 is 2.48 bits per heavy atom. The van der Waals surface area contributed by atoms with Gasteiger partial charge in [0, 0.05) is 18.2 Å². The lowest BCUT2D eigenvalue weighted by Gasteiger charge is -2.12. The van der Waals surface area contributed by atoms with Gasteiger partial charge in [-0.15, -0.1) is 12.4 Å². The first-order valence-electron chi connectivity index (χ1n) is 7.31. The first-order valence-corrected chi connectivity index (χ1v) is 7.31. The molecule has 1 fully saturated rings. The molecule has 0 unspecified atom stereocenters. The summed E-state index contributed by atoms with van der Waals surface area (Å²) in [4.78, 5) is 0. The van der Waals surface area contributed by atoms with Crippen LogP contribution in [0.5, 0.6) is 5.75 Å². The second-order valence-electron chi connectivity index (χ2n) is 5.54. The van der Waals surface area contributed by atoms with Crippen LogP contribution in [0.3, 0.4) is 0 Å². The summed E-state index contributed by atoms with van der Waals surface area (Å²) < 4.78 is 5.98. The van der Waals surface area contributed by atoms with Crippen molar-refractivity contribution in [2.75, 3.05) is 0 Å². The number of ether oxygens (including phenoxy) is 1. The van der Waals surface area contributed by atoms with Crippen LogP contribution in [0.4, 0.5) is 0 Å². The van der Waals surface area contributed by atoms with E-state index in [1.54, 1.807) is 0 Å². The number of rotatable bonds is 6. The number of aryl methyl sites for hydroxylation is 1. The largest absolute Gasteiger partial charge is 0.489 e. The van der Waals surface area contributed by atoms with E-state index in [1.807, 2.05) is 6.07 Å². The quantitative estimate of drug-likeness (QED) is 0.861. The first kappa shape index (κ1) is 15.9. The van der Waals surface area contributed by atoms with E-state index in [4.69, 9.17) is 4.74 Å². The molecule has 1 saturated carbocycles. The molecule has 2 aromatic rings. The fourth-order valence-corrected chi connectivity index (χ4v) is 2.18. The van der Waals surface area contributed by atoms with E-state index in [-0.39, 0.29) is 12.4 Å². The minimum Gasteiger partial charge on any atom is -0.489 e. The molecule has 0 aromatic heterocycles. The maximum Gasteiger partial charge on any atom is 0.124 e. The van der Waals surface area contributed by atoms with Crippen LogP contribution in [0, 0.1) is 6.92 Å². The van der Waals surface area contributed by atoms with E-state index < -0.39 is 0 Å². The number of benzene rings is 2. The van der Waals surface area contributed by atoms with Crippen LogP contribution >= 0.6 is 12.4 Å². The third-order valence-corrected chi connectivity index (χ3v) is 3.65. The van der Waals surface area contributed by atoms with Crippen molar-refractivity contribution >= 4 is 12.4 Å². The SMILES string of the molecule is Cc1ccc(COc2ccccc2CNC2CC2)cc1.Cl. The number of para-hydroxylation sites is 1. The fourth-order valence-electron chi connectivity index (χ4n) is 2.18. The summed E-state index contributed by atoms with van der Waals surface area (Å²) in [5.41, 5.74) is 3.73. The highest BCUT2D eigenvalue weighted by Crippen LogP contribution is 2.23. The van der Waals surface area contributed by atoms with Gasteiger partial charge in [-0.05, 0) is 31.4 Å². The predicted octanol–water partition coefficient (Wildman–Crippen LogP) is 4.25. The van der Waals surface area contributed by atoms with Gasteiger partial charge in [-0.1, -0.05) is 48.0 Å². The van der Waals surface area contributed by atoms with Gasteiger partial charge in [-0.3, -0.25) is 0 Å². The highest BCUT2D eigenvalue weighted by atomic mass is 35.5. The first-order chi connectivity index (χ1) is 9.81. The Bertz CT molecular complexity index is 564. The van der Waals surface area contributed by atoms with Crippen LogP contribution in [0.2, 0.25) is 0 Å². The average molecular weight is 304 g/mol. The lowest BCUT2D eigenvalue weighted by molar-refractivity contribution is 0.302. The highest BCUT2D eigenvalue weighted by Gasteiger charge is 2.20. The standard InChI is InChI=1S/C18H21NO.ClH/c1-14-6-8-15(9-7-14)13-20-18-5-3-2-4-16(18)12-19-17-10-11-17;/h2-9,17,19H,10-13H2,1H3;1H.